The van der Waals surface area contributed by atoms with Gasteiger partial charge in [0.25, 0.3) is 16.0 Å². The Morgan fingerprint density at radius 3 is 2.52 bits per heavy atom. The highest BCUT2D eigenvalue weighted by Gasteiger charge is 2.37. The molecular formula is C15H11ClFNO6S. The van der Waals surface area contributed by atoms with Crippen LogP contribution in [-0.4, -0.2) is 34.0 Å². The van der Waals surface area contributed by atoms with E-state index in [4.69, 9.17) is 11.6 Å². The molecule has 10 heteroatoms. The maximum absolute atomic E-state index is 13.2. The van der Waals surface area contributed by atoms with Gasteiger partial charge in [-0.1, -0.05) is 17.7 Å². The molecule has 25 heavy (non-hydrogen) atoms. The molecule has 2 aromatic carbocycles. The smallest absolute Gasteiger partial charge is 0.295 e. The minimum atomic E-state index is -4.72. The van der Waals surface area contributed by atoms with E-state index < -0.39 is 43.8 Å². The summed E-state index contributed by atoms with van der Waals surface area (Å²) in [6, 6.07) is 4.51. The van der Waals surface area contributed by atoms with Gasteiger partial charge < -0.3 is 15.1 Å². The number of aromatic hydroxyl groups is 2. The van der Waals surface area contributed by atoms with Gasteiger partial charge in [0.2, 0.25) is 0 Å². The monoisotopic (exact) mass is 387 g/mol. The minimum Gasteiger partial charge on any atom is -0.504 e. The maximum Gasteiger partial charge on any atom is 0.295 e. The lowest BCUT2D eigenvalue weighted by Crippen LogP contribution is -2.23. The molecule has 7 nitrogen and oxygen atoms in total. The second-order valence-electron chi connectivity index (χ2n) is 5.48. The van der Waals surface area contributed by atoms with Crippen LogP contribution in [0.2, 0.25) is 5.02 Å². The van der Waals surface area contributed by atoms with E-state index >= 15 is 0 Å². The molecule has 0 saturated carbocycles. The molecule has 0 aromatic heterocycles. The van der Waals surface area contributed by atoms with Gasteiger partial charge >= 0.3 is 0 Å². The number of carbonyl (C=O) groups is 1. The number of benzene rings is 2. The summed E-state index contributed by atoms with van der Waals surface area (Å²) < 4.78 is 45.5. The summed E-state index contributed by atoms with van der Waals surface area (Å²) in [5.41, 5.74) is -0.0542. The Kier molecular flexibility index (Phi) is 4.10. The van der Waals surface area contributed by atoms with Crippen molar-refractivity contribution in [3.63, 3.8) is 0 Å². The van der Waals surface area contributed by atoms with Crippen molar-refractivity contribution < 1.29 is 32.4 Å². The van der Waals surface area contributed by atoms with Crippen LogP contribution in [0.25, 0.3) is 0 Å². The Labute approximate surface area is 146 Å². The highest BCUT2D eigenvalue weighted by Crippen LogP contribution is 2.41. The lowest BCUT2D eigenvalue weighted by molar-refractivity contribution is 0.0764. The van der Waals surface area contributed by atoms with Gasteiger partial charge in [-0.05, 0) is 17.7 Å². The molecule has 0 radical (unpaired) electrons. The molecule has 0 fully saturated rings. The normalized spacial score (nSPS) is 14.0. The van der Waals surface area contributed by atoms with Crippen molar-refractivity contribution in [2.75, 3.05) is 0 Å². The number of hydrogen-bond acceptors (Lipinski definition) is 5. The quantitative estimate of drug-likeness (QED) is 0.550. The number of phenols is 2. The van der Waals surface area contributed by atoms with Crippen molar-refractivity contribution in [2.24, 2.45) is 0 Å². The Morgan fingerprint density at radius 1 is 1.24 bits per heavy atom. The first kappa shape index (κ1) is 17.5. The van der Waals surface area contributed by atoms with Crippen molar-refractivity contribution in [3.8, 4) is 11.5 Å². The summed E-state index contributed by atoms with van der Waals surface area (Å²) in [6.07, 6.45) is 0. The molecule has 0 aliphatic carbocycles. The second kappa shape index (κ2) is 5.87. The molecule has 0 saturated heterocycles. The van der Waals surface area contributed by atoms with Gasteiger partial charge in [0.1, 0.15) is 10.7 Å². The van der Waals surface area contributed by atoms with Gasteiger partial charge in [-0.2, -0.15) is 8.42 Å². The number of hydrogen-bond donors (Lipinski definition) is 3. The standard InChI is InChI=1S/C15H11ClFNO6S/c16-9-3-7(1-2-10(9)17)5-18-6-8-12(25(22,23)24)4-11(19)14(20)13(8)15(18)21/h1-4,19-20H,5-6H2,(H,22,23,24). The lowest BCUT2D eigenvalue weighted by atomic mass is 10.1. The molecule has 0 spiro atoms. The first-order chi connectivity index (χ1) is 11.6. The van der Waals surface area contributed by atoms with Gasteiger partial charge in [0.15, 0.2) is 11.5 Å². The average molecular weight is 388 g/mol. The maximum atomic E-state index is 13.2. The van der Waals surface area contributed by atoms with E-state index in [1.54, 1.807) is 0 Å². The van der Waals surface area contributed by atoms with Crippen LogP contribution in [0, 0.1) is 5.82 Å². The highest BCUT2D eigenvalue weighted by atomic mass is 35.5. The molecule has 1 heterocycles. The van der Waals surface area contributed by atoms with Gasteiger partial charge in [0, 0.05) is 24.7 Å². The number of halogens is 2. The number of amides is 1. The lowest BCUT2D eigenvalue weighted by Gasteiger charge is -2.16. The molecule has 0 atom stereocenters. The highest BCUT2D eigenvalue weighted by molar-refractivity contribution is 7.85. The molecule has 0 bridgehead atoms. The van der Waals surface area contributed by atoms with E-state index in [9.17, 15) is 32.4 Å². The number of rotatable bonds is 3. The number of nitrogens with zero attached hydrogens (tertiary/aromatic N) is 1. The first-order valence-electron chi connectivity index (χ1n) is 6.88. The first-order valence-corrected chi connectivity index (χ1v) is 8.70. The SMILES string of the molecule is O=C1c2c(O)c(O)cc(S(=O)(=O)O)c2CN1Cc1ccc(F)c(Cl)c1. The summed E-state index contributed by atoms with van der Waals surface area (Å²) in [6.45, 7) is -0.273. The fraction of sp³-hybridized carbons (Fsp3) is 0.133. The molecular weight excluding hydrogens is 377 g/mol. The Balaban J connectivity index is 2.03. The zero-order valence-corrected chi connectivity index (χ0v) is 14.0. The van der Waals surface area contributed by atoms with Crippen LogP contribution >= 0.6 is 11.6 Å². The molecule has 2 aromatic rings. The van der Waals surface area contributed by atoms with E-state index in [2.05, 4.69) is 0 Å². The summed E-state index contributed by atoms with van der Waals surface area (Å²) in [4.78, 5) is 13.0. The summed E-state index contributed by atoms with van der Waals surface area (Å²) in [5.74, 6) is -2.98. The second-order valence-corrected chi connectivity index (χ2v) is 7.28. The van der Waals surface area contributed by atoms with Crippen molar-refractivity contribution in [1.82, 2.24) is 4.90 Å². The molecule has 1 aliphatic heterocycles. The number of carbonyl (C=O) groups excluding carboxylic acids is 1. The Morgan fingerprint density at radius 2 is 1.92 bits per heavy atom. The molecule has 3 N–H and O–H groups in total. The van der Waals surface area contributed by atoms with Crippen LogP contribution in [-0.2, 0) is 23.2 Å². The van der Waals surface area contributed by atoms with Crippen LogP contribution in [0.4, 0.5) is 4.39 Å². The topological polar surface area (TPSA) is 115 Å². The van der Waals surface area contributed by atoms with Crippen molar-refractivity contribution >= 4 is 27.6 Å². The van der Waals surface area contributed by atoms with Crippen LogP contribution < -0.4 is 0 Å². The molecule has 1 aliphatic rings. The predicted octanol–water partition coefficient (Wildman–Crippen LogP) is 2.29. The van der Waals surface area contributed by atoms with Gasteiger partial charge in [0.05, 0.1) is 10.6 Å². The molecule has 132 valence electrons. The van der Waals surface area contributed by atoms with E-state index in [0.717, 1.165) is 6.07 Å². The third-order valence-corrected chi connectivity index (χ3v) is 5.04. The number of phenolic OH excluding ortho intramolecular Hbond substituents is 2. The Hall–Kier alpha value is -2.36. The fourth-order valence-corrected chi connectivity index (χ4v) is 3.64. The van der Waals surface area contributed by atoms with Crippen LogP contribution in [0.3, 0.4) is 0 Å². The van der Waals surface area contributed by atoms with Crippen LogP contribution in [0.1, 0.15) is 21.5 Å². The molecule has 1 amide bonds. The third-order valence-electron chi connectivity index (χ3n) is 3.83. The predicted molar refractivity (Wildman–Crippen MR) is 84.6 cm³/mol. The zero-order valence-electron chi connectivity index (χ0n) is 12.4. The molecule has 3 rings (SSSR count). The van der Waals surface area contributed by atoms with Crippen molar-refractivity contribution in [2.45, 2.75) is 18.0 Å². The Bertz CT molecular complexity index is 1010. The minimum absolute atomic E-state index is 0.0430. The number of fused-ring (bicyclic) bond motifs is 1. The van der Waals surface area contributed by atoms with Gasteiger partial charge in [-0.25, -0.2) is 4.39 Å². The van der Waals surface area contributed by atoms with Crippen molar-refractivity contribution in [1.29, 1.82) is 0 Å². The average Bonchev–Trinajstić information content (AvgIpc) is 2.83. The van der Waals surface area contributed by atoms with E-state index in [-0.39, 0.29) is 23.7 Å². The summed E-state index contributed by atoms with van der Waals surface area (Å²) in [7, 11) is -4.72. The third kappa shape index (κ3) is 3.01. The van der Waals surface area contributed by atoms with Gasteiger partial charge in [-0.15, -0.1) is 0 Å². The summed E-state index contributed by atoms with van der Waals surface area (Å²) >= 11 is 5.69. The van der Waals surface area contributed by atoms with Gasteiger partial charge in [-0.3, -0.25) is 9.35 Å². The van der Waals surface area contributed by atoms with Crippen LogP contribution in [0.5, 0.6) is 11.5 Å². The summed E-state index contributed by atoms with van der Waals surface area (Å²) in [5, 5.41) is 19.4. The van der Waals surface area contributed by atoms with E-state index in [1.165, 1.54) is 17.0 Å². The fourth-order valence-electron chi connectivity index (χ4n) is 2.70. The van der Waals surface area contributed by atoms with E-state index in [0.29, 0.717) is 11.6 Å². The zero-order chi connectivity index (χ0) is 18.5. The molecule has 0 unspecified atom stereocenters. The largest absolute Gasteiger partial charge is 0.504 e. The van der Waals surface area contributed by atoms with E-state index in [1.807, 2.05) is 0 Å². The van der Waals surface area contributed by atoms with Crippen LogP contribution in [0.15, 0.2) is 29.2 Å². The van der Waals surface area contributed by atoms with Crippen molar-refractivity contribution in [3.05, 3.63) is 51.8 Å².